The minimum absolute atomic E-state index is 0.151. The van der Waals surface area contributed by atoms with Crippen LogP contribution in [0, 0.1) is 5.82 Å². The van der Waals surface area contributed by atoms with Gasteiger partial charge in [-0.15, -0.1) is 0 Å². The van der Waals surface area contributed by atoms with E-state index >= 15 is 0 Å². The molecule has 0 unspecified atom stereocenters. The van der Waals surface area contributed by atoms with Crippen molar-refractivity contribution >= 4 is 17.6 Å². The maximum Gasteiger partial charge on any atom is 0.335 e. The topological polar surface area (TPSA) is 55.1 Å². The Hall–Kier alpha value is -2.66. The van der Waals surface area contributed by atoms with Crippen LogP contribution < -0.4 is 0 Å². The molecule has 0 atom stereocenters. The van der Waals surface area contributed by atoms with Gasteiger partial charge in [-0.3, -0.25) is 0 Å². The fourth-order valence-corrected chi connectivity index (χ4v) is 2.65. The van der Waals surface area contributed by atoms with Gasteiger partial charge in [-0.1, -0.05) is 11.6 Å². The van der Waals surface area contributed by atoms with Gasteiger partial charge in [0.15, 0.2) is 0 Å². The molecule has 3 rings (SSSR count). The van der Waals surface area contributed by atoms with Gasteiger partial charge in [0.2, 0.25) is 0 Å². The summed E-state index contributed by atoms with van der Waals surface area (Å²) in [5.74, 6) is -1.47. The molecule has 4 nitrogen and oxygen atoms in total. The first-order chi connectivity index (χ1) is 11.0. The van der Waals surface area contributed by atoms with Crippen LogP contribution in [0.5, 0.6) is 0 Å². The number of imidazole rings is 1. The van der Waals surface area contributed by atoms with Crippen LogP contribution in [-0.2, 0) is 6.54 Å². The third kappa shape index (κ3) is 3.40. The third-order valence-corrected chi connectivity index (χ3v) is 3.72. The van der Waals surface area contributed by atoms with Gasteiger partial charge in [0.25, 0.3) is 0 Å². The number of aromatic carboxylic acids is 1. The zero-order valence-electron chi connectivity index (χ0n) is 11.9. The van der Waals surface area contributed by atoms with Crippen molar-refractivity contribution in [2.45, 2.75) is 6.54 Å². The molecular weight excluding hydrogens is 319 g/mol. The Bertz CT molecular complexity index is 863. The normalized spacial score (nSPS) is 10.7. The van der Waals surface area contributed by atoms with Gasteiger partial charge >= 0.3 is 5.97 Å². The maximum atomic E-state index is 13.2. The second-order valence-electron chi connectivity index (χ2n) is 5.08. The first-order valence-electron chi connectivity index (χ1n) is 6.81. The zero-order valence-corrected chi connectivity index (χ0v) is 12.7. The molecule has 0 radical (unpaired) electrons. The van der Waals surface area contributed by atoms with E-state index in [0.29, 0.717) is 17.7 Å². The molecule has 116 valence electrons. The van der Waals surface area contributed by atoms with Crippen molar-refractivity contribution in [1.29, 1.82) is 0 Å². The van der Waals surface area contributed by atoms with E-state index in [9.17, 15) is 14.3 Å². The summed E-state index contributed by atoms with van der Waals surface area (Å²) in [4.78, 5) is 15.3. The minimum Gasteiger partial charge on any atom is -0.478 e. The number of carboxylic acids is 1. The van der Waals surface area contributed by atoms with E-state index in [0.717, 1.165) is 5.56 Å². The molecule has 0 saturated carbocycles. The highest BCUT2D eigenvalue weighted by Gasteiger charge is 2.11. The summed E-state index contributed by atoms with van der Waals surface area (Å²) in [7, 11) is 0. The Balaban J connectivity index is 2.08. The van der Waals surface area contributed by atoms with E-state index in [4.69, 9.17) is 11.6 Å². The second kappa shape index (κ2) is 6.22. The Morgan fingerprint density at radius 2 is 2.09 bits per heavy atom. The standard InChI is InChI=1S/C17H12ClFN2O2/c18-16-8-14(19)1-2-15(16)12-5-11(6-13(7-12)17(22)23)9-21-4-3-20-10-21/h1-8,10H,9H2,(H,22,23). The van der Waals surface area contributed by atoms with Gasteiger partial charge in [0.1, 0.15) is 5.82 Å². The van der Waals surface area contributed by atoms with E-state index in [1.807, 2.05) is 10.6 Å². The summed E-state index contributed by atoms with van der Waals surface area (Å²) in [5, 5.41) is 9.55. The monoisotopic (exact) mass is 330 g/mol. The van der Waals surface area contributed by atoms with Gasteiger partial charge in [-0.25, -0.2) is 14.2 Å². The number of rotatable bonds is 4. The highest BCUT2D eigenvalue weighted by molar-refractivity contribution is 6.33. The largest absolute Gasteiger partial charge is 0.478 e. The number of hydrogen-bond acceptors (Lipinski definition) is 2. The lowest BCUT2D eigenvalue weighted by molar-refractivity contribution is 0.0697. The molecule has 0 aliphatic carbocycles. The fourth-order valence-electron chi connectivity index (χ4n) is 2.38. The molecular formula is C17H12ClFN2O2. The van der Waals surface area contributed by atoms with E-state index in [-0.39, 0.29) is 10.6 Å². The Morgan fingerprint density at radius 1 is 1.26 bits per heavy atom. The lowest BCUT2D eigenvalue weighted by atomic mass is 9.99. The second-order valence-corrected chi connectivity index (χ2v) is 5.49. The Labute approximate surface area is 136 Å². The third-order valence-electron chi connectivity index (χ3n) is 3.41. The molecule has 0 amide bonds. The van der Waals surface area contributed by atoms with Crippen LogP contribution in [0.25, 0.3) is 11.1 Å². The highest BCUT2D eigenvalue weighted by Crippen LogP contribution is 2.30. The van der Waals surface area contributed by atoms with Crippen LogP contribution in [-0.4, -0.2) is 20.6 Å². The van der Waals surface area contributed by atoms with Crippen LogP contribution in [0.15, 0.2) is 55.1 Å². The lowest BCUT2D eigenvalue weighted by Crippen LogP contribution is -2.02. The Morgan fingerprint density at radius 3 is 2.74 bits per heavy atom. The molecule has 0 bridgehead atoms. The van der Waals surface area contributed by atoms with Crippen LogP contribution in [0.3, 0.4) is 0 Å². The van der Waals surface area contributed by atoms with Crippen molar-refractivity contribution in [3.63, 3.8) is 0 Å². The number of carboxylic acid groups (broad SMARTS) is 1. The van der Waals surface area contributed by atoms with Crippen LogP contribution in [0.4, 0.5) is 4.39 Å². The number of carbonyl (C=O) groups is 1. The average Bonchev–Trinajstić information content (AvgIpc) is 2.99. The van der Waals surface area contributed by atoms with Crippen molar-refractivity contribution < 1.29 is 14.3 Å². The molecule has 0 aliphatic rings. The molecule has 0 aliphatic heterocycles. The van der Waals surface area contributed by atoms with Gasteiger partial charge < -0.3 is 9.67 Å². The molecule has 1 aromatic heterocycles. The predicted molar refractivity (Wildman–Crippen MR) is 85.1 cm³/mol. The van der Waals surface area contributed by atoms with Crippen LogP contribution in [0.1, 0.15) is 15.9 Å². The number of halogens is 2. The summed E-state index contributed by atoms with van der Waals surface area (Å²) in [6, 6.07) is 9.01. The van der Waals surface area contributed by atoms with Crippen molar-refractivity contribution in [2.75, 3.05) is 0 Å². The van der Waals surface area contributed by atoms with Crippen molar-refractivity contribution in [1.82, 2.24) is 9.55 Å². The highest BCUT2D eigenvalue weighted by atomic mass is 35.5. The van der Waals surface area contributed by atoms with E-state index < -0.39 is 11.8 Å². The van der Waals surface area contributed by atoms with E-state index in [1.54, 1.807) is 30.9 Å². The van der Waals surface area contributed by atoms with Crippen molar-refractivity contribution in [2.24, 2.45) is 0 Å². The zero-order chi connectivity index (χ0) is 16.4. The Kier molecular flexibility index (Phi) is 4.12. The summed E-state index contributed by atoms with van der Waals surface area (Å²) >= 11 is 6.09. The molecule has 3 aromatic rings. The first-order valence-corrected chi connectivity index (χ1v) is 7.19. The molecule has 23 heavy (non-hydrogen) atoms. The quantitative estimate of drug-likeness (QED) is 0.784. The van der Waals surface area contributed by atoms with Gasteiger partial charge in [-0.05, 0) is 47.5 Å². The van der Waals surface area contributed by atoms with E-state index in [1.165, 1.54) is 18.2 Å². The molecule has 1 N–H and O–H groups in total. The minimum atomic E-state index is -1.03. The van der Waals surface area contributed by atoms with Gasteiger partial charge in [0, 0.05) is 24.5 Å². The molecule has 2 aromatic carbocycles. The molecule has 0 fully saturated rings. The summed E-state index contributed by atoms with van der Waals surface area (Å²) in [6.07, 6.45) is 5.09. The van der Waals surface area contributed by atoms with Crippen molar-refractivity contribution in [3.05, 3.63) is 77.1 Å². The summed E-state index contributed by atoms with van der Waals surface area (Å²) in [5.41, 5.74) is 2.16. The average molecular weight is 331 g/mol. The fraction of sp³-hybridized carbons (Fsp3) is 0.0588. The molecule has 1 heterocycles. The predicted octanol–water partition coefficient (Wildman–Crippen LogP) is 4.09. The molecule has 6 heteroatoms. The van der Waals surface area contributed by atoms with Crippen LogP contribution in [0.2, 0.25) is 5.02 Å². The SMILES string of the molecule is O=C(O)c1cc(Cn2ccnc2)cc(-c2ccc(F)cc2Cl)c1. The van der Waals surface area contributed by atoms with Gasteiger partial charge in [-0.2, -0.15) is 0 Å². The number of aromatic nitrogens is 2. The smallest absolute Gasteiger partial charge is 0.335 e. The number of hydrogen-bond donors (Lipinski definition) is 1. The lowest BCUT2D eigenvalue weighted by Gasteiger charge is -2.10. The van der Waals surface area contributed by atoms with Gasteiger partial charge in [0.05, 0.1) is 16.9 Å². The molecule has 0 spiro atoms. The van der Waals surface area contributed by atoms with Crippen LogP contribution >= 0.6 is 11.6 Å². The maximum absolute atomic E-state index is 13.2. The number of benzene rings is 2. The summed E-state index contributed by atoms with van der Waals surface area (Å²) in [6.45, 7) is 0.479. The summed E-state index contributed by atoms with van der Waals surface area (Å²) < 4.78 is 15.0. The molecule has 0 saturated heterocycles. The van der Waals surface area contributed by atoms with Crippen molar-refractivity contribution in [3.8, 4) is 11.1 Å². The van der Waals surface area contributed by atoms with E-state index in [2.05, 4.69) is 4.98 Å². The number of nitrogens with zero attached hydrogens (tertiary/aromatic N) is 2. The first kappa shape index (κ1) is 15.2.